The molecule has 0 aromatic rings. The fourth-order valence-electron chi connectivity index (χ4n) is 3.90. The SMILES string of the molecule is CC(C)=CC1CCCC(C2CC(F)(CC(C)C)CCN2)O1. The summed E-state index contributed by atoms with van der Waals surface area (Å²) in [7, 11) is 0. The van der Waals surface area contributed by atoms with E-state index in [4.69, 9.17) is 4.74 Å². The maximum absolute atomic E-state index is 15.0. The van der Waals surface area contributed by atoms with Crippen molar-refractivity contribution < 1.29 is 9.13 Å². The van der Waals surface area contributed by atoms with Crippen molar-refractivity contribution in [3.63, 3.8) is 0 Å². The Bertz CT molecular complexity index is 364. The highest BCUT2D eigenvalue weighted by Gasteiger charge is 2.40. The Kier molecular flexibility index (Phi) is 5.84. The lowest BCUT2D eigenvalue weighted by Gasteiger charge is -2.42. The number of allylic oxidation sites excluding steroid dienone is 1. The summed E-state index contributed by atoms with van der Waals surface area (Å²) < 4.78 is 21.3. The quantitative estimate of drug-likeness (QED) is 0.777. The number of nitrogens with one attached hydrogen (secondary N) is 1. The van der Waals surface area contributed by atoms with E-state index < -0.39 is 5.67 Å². The predicted octanol–water partition coefficient (Wildman–Crippen LogP) is 4.40. The molecule has 2 saturated heterocycles. The fourth-order valence-corrected chi connectivity index (χ4v) is 3.90. The lowest BCUT2D eigenvalue weighted by atomic mass is 9.80. The second kappa shape index (κ2) is 7.23. The Labute approximate surface area is 129 Å². The van der Waals surface area contributed by atoms with Gasteiger partial charge in [0.15, 0.2) is 0 Å². The number of ether oxygens (including phenoxy) is 1. The monoisotopic (exact) mass is 297 g/mol. The molecule has 0 aromatic carbocycles. The van der Waals surface area contributed by atoms with Crippen molar-refractivity contribution in [1.29, 1.82) is 0 Å². The zero-order chi connectivity index (χ0) is 15.5. The van der Waals surface area contributed by atoms with E-state index in [0.717, 1.165) is 19.4 Å². The predicted molar refractivity (Wildman–Crippen MR) is 86.3 cm³/mol. The average Bonchev–Trinajstić information content (AvgIpc) is 2.36. The molecule has 2 heterocycles. The van der Waals surface area contributed by atoms with Gasteiger partial charge in [-0.05, 0) is 64.8 Å². The lowest BCUT2D eigenvalue weighted by molar-refractivity contribution is -0.0661. The highest BCUT2D eigenvalue weighted by Crippen LogP contribution is 2.36. The van der Waals surface area contributed by atoms with E-state index in [9.17, 15) is 0 Å². The van der Waals surface area contributed by atoms with Crippen molar-refractivity contribution in [1.82, 2.24) is 5.32 Å². The minimum Gasteiger partial charge on any atom is -0.369 e. The lowest BCUT2D eigenvalue weighted by Crippen LogP contribution is -2.53. The van der Waals surface area contributed by atoms with Gasteiger partial charge < -0.3 is 10.1 Å². The summed E-state index contributed by atoms with van der Waals surface area (Å²) in [5, 5.41) is 3.51. The average molecular weight is 297 g/mol. The van der Waals surface area contributed by atoms with Crippen LogP contribution >= 0.6 is 0 Å². The van der Waals surface area contributed by atoms with E-state index >= 15 is 4.39 Å². The molecule has 4 unspecified atom stereocenters. The third kappa shape index (κ3) is 5.07. The van der Waals surface area contributed by atoms with Gasteiger partial charge in [0.2, 0.25) is 0 Å². The summed E-state index contributed by atoms with van der Waals surface area (Å²) in [6.45, 7) is 9.23. The standard InChI is InChI=1S/C18H32FNO/c1-13(2)10-15-6-5-7-17(21-15)16-12-18(19,8-9-20-16)11-14(3)4/h10,14-17,20H,5-9,11-12H2,1-4H3. The van der Waals surface area contributed by atoms with Crippen LogP contribution < -0.4 is 5.32 Å². The number of rotatable bonds is 4. The maximum Gasteiger partial charge on any atom is 0.114 e. The topological polar surface area (TPSA) is 21.3 Å². The molecule has 0 aromatic heterocycles. The van der Waals surface area contributed by atoms with E-state index in [1.54, 1.807) is 0 Å². The largest absolute Gasteiger partial charge is 0.369 e. The van der Waals surface area contributed by atoms with Gasteiger partial charge in [-0.3, -0.25) is 0 Å². The third-order valence-electron chi connectivity index (χ3n) is 4.63. The van der Waals surface area contributed by atoms with Gasteiger partial charge in [-0.1, -0.05) is 25.5 Å². The van der Waals surface area contributed by atoms with E-state index in [0.29, 0.717) is 25.2 Å². The Morgan fingerprint density at radius 1 is 1.38 bits per heavy atom. The summed E-state index contributed by atoms with van der Waals surface area (Å²) in [6.07, 6.45) is 7.87. The fraction of sp³-hybridized carbons (Fsp3) is 0.889. The van der Waals surface area contributed by atoms with Gasteiger partial charge in [0.25, 0.3) is 0 Å². The van der Waals surface area contributed by atoms with Gasteiger partial charge in [-0.2, -0.15) is 0 Å². The van der Waals surface area contributed by atoms with Crippen LogP contribution in [-0.2, 0) is 4.74 Å². The van der Waals surface area contributed by atoms with Crippen LogP contribution in [0.25, 0.3) is 0 Å². The number of hydrogen-bond acceptors (Lipinski definition) is 2. The van der Waals surface area contributed by atoms with Crippen molar-refractivity contribution >= 4 is 0 Å². The third-order valence-corrected chi connectivity index (χ3v) is 4.63. The molecule has 2 rings (SSSR count). The molecule has 0 spiro atoms. The number of alkyl halides is 1. The van der Waals surface area contributed by atoms with Crippen LogP contribution in [0.2, 0.25) is 0 Å². The van der Waals surface area contributed by atoms with E-state index in [1.807, 2.05) is 0 Å². The molecule has 0 amide bonds. The van der Waals surface area contributed by atoms with Crippen LogP contribution in [0.3, 0.4) is 0 Å². The molecule has 2 aliphatic heterocycles. The van der Waals surface area contributed by atoms with Crippen LogP contribution in [0.15, 0.2) is 11.6 Å². The van der Waals surface area contributed by atoms with Gasteiger partial charge in [0, 0.05) is 6.04 Å². The first-order valence-corrected chi connectivity index (χ1v) is 8.61. The smallest absolute Gasteiger partial charge is 0.114 e. The van der Waals surface area contributed by atoms with Crippen LogP contribution in [0.1, 0.15) is 66.2 Å². The molecular weight excluding hydrogens is 265 g/mol. The van der Waals surface area contributed by atoms with Gasteiger partial charge >= 0.3 is 0 Å². The molecule has 3 heteroatoms. The zero-order valence-electron chi connectivity index (χ0n) is 14.1. The zero-order valence-corrected chi connectivity index (χ0v) is 14.1. The summed E-state index contributed by atoms with van der Waals surface area (Å²) >= 11 is 0. The normalized spacial score (nSPS) is 37.5. The molecule has 122 valence electrons. The van der Waals surface area contributed by atoms with Crippen molar-refractivity contribution in [2.24, 2.45) is 5.92 Å². The molecule has 21 heavy (non-hydrogen) atoms. The molecule has 2 fully saturated rings. The highest BCUT2D eigenvalue weighted by molar-refractivity contribution is 5.02. The maximum atomic E-state index is 15.0. The van der Waals surface area contributed by atoms with E-state index in [2.05, 4.69) is 39.1 Å². The van der Waals surface area contributed by atoms with Crippen LogP contribution in [0.4, 0.5) is 4.39 Å². The second-order valence-electron chi connectivity index (χ2n) is 7.65. The summed E-state index contributed by atoms with van der Waals surface area (Å²) in [6, 6.07) is 0.177. The molecule has 0 bridgehead atoms. The second-order valence-corrected chi connectivity index (χ2v) is 7.65. The first-order valence-electron chi connectivity index (χ1n) is 8.61. The van der Waals surface area contributed by atoms with Crippen LogP contribution in [0.5, 0.6) is 0 Å². The summed E-state index contributed by atoms with van der Waals surface area (Å²) in [4.78, 5) is 0. The minimum atomic E-state index is -1.00. The number of halogens is 1. The molecule has 2 aliphatic rings. The number of piperidine rings is 1. The van der Waals surface area contributed by atoms with E-state index in [1.165, 1.54) is 12.0 Å². The molecular formula is C18H32FNO. The van der Waals surface area contributed by atoms with Gasteiger partial charge in [0.1, 0.15) is 5.67 Å². The Morgan fingerprint density at radius 3 is 2.81 bits per heavy atom. The molecule has 0 radical (unpaired) electrons. The highest BCUT2D eigenvalue weighted by atomic mass is 19.1. The minimum absolute atomic E-state index is 0.168. The van der Waals surface area contributed by atoms with Gasteiger partial charge in [0.05, 0.1) is 12.2 Å². The summed E-state index contributed by atoms with van der Waals surface area (Å²) in [5.74, 6) is 0.416. The van der Waals surface area contributed by atoms with Crippen molar-refractivity contribution in [3.8, 4) is 0 Å². The first-order chi connectivity index (χ1) is 9.88. The Morgan fingerprint density at radius 2 is 2.14 bits per heavy atom. The van der Waals surface area contributed by atoms with Crippen molar-refractivity contribution in [3.05, 3.63) is 11.6 Å². The van der Waals surface area contributed by atoms with Crippen LogP contribution in [0, 0.1) is 5.92 Å². The molecule has 4 atom stereocenters. The summed E-state index contributed by atoms with van der Waals surface area (Å²) in [5.41, 5.74) is 0.300. The van der Waals surface area contributed by atoms with Crippen LogP contribution in [-0.4, -0.2) is 30.5 Å². The van der Waals surface area contributed by atoms with Gasteiger partial charge in [-0.15, -0.1) is 0 Å². The van der Waals surface area contributed by atoms with E-state index in [-0.39, 0.29) is 18.2 Å². The first kappa shape index (κ1) is 17.0. The molecule has 1 N–H and O–H groups in total. The van der Waals surface area contributed by atoms with Gasteiger partial charge in [-0.25, -0.2) is 4.39 Å². The van der Waals surface area contributed by atoms with Crippen molar-refractivity contribution in [2.45, 2.75) is 90.1 Å². The Hall–Kier alpha value is -0.410. The molecule has 0 saturated carbocycles. The number of hydrogen-bond donors (Lipinski definition) is 1. The molecule has 2 nitrogen and oxygen atoms in total. The Balaban J connectivity index is 1.95. The molecule has 0 aliphatic carbocycles. The van der Waals surface area contributed by atoms with Crippen molar-refractivity contribution in [2.75, 3.05) is 6.54 Å².